The van der Waals surface area contributed by atoms with Crippen LogP contribution < -0.4 is 10.6 Å². The first-order valence-corrected chi connectivity index (χ1v) is 11.6. The van der Waals surface area contributed by atoms with Crippen molar-refractivity contribution in [1.29, 1.82) is 0 Å². The standard InChI is InChI=1S/C25H30F6N2O2/c1-15(18-10-19(24(26,27)28)12-20(11-18)25(29,30)31)35-14-22-21-6-4-3-5-17(21)8-7-16(13-33-22)9-23(34)32-2/h3-6,10-12,15-17,21-22,33H,7-9,13-14H2,1-2H3,(H,32,34)/t15-,16+,17?,21?,22-/m1/s1. The number of alkyl halides is 6. The summed E-state index contributed by atoms with van der Waals surface area (Å²) in [5, 5.41) is 6.06. The molecule has 1 aliphatic heterocycles. The van der Waals surface area contributed by atoms with Crippen LogP contribution in [0.25, 0.3) is 0 Å². The molecule has 1 heterocycles. The van der Waals surface area contributed by atoms with Crippen molar-refractivity contribution < 1.29 is 35.9 Å². The number of allylic oxidation sites excluding steroid dienone is 3. The van der Waals surface area contributed by atoms with Crippen molar-refractivity contribution >= 4 is 5.91 Å². The third-order valence-electron chi connectivity index (χ3n) is 6.70. The Hall–Kier alpha value is -2.33. The summed E-state index contributed by atoms with van der Waals surface area (Å²) in [7, 11) is 1.58. The van der Waals surface area contributed by atoms with Crippen LogP contribution in [-0.2, 0) is 21.9 Å². The summed E-state index contributed by atoms with van der Waals surface area (Å²) >= 11 is 0. The molecule has 0 bridgehead atoms. The molecule has 0 aromatic heterocycles. The van der Waals surface area contributed by atoms with Gasteiger partial charge in [0.05, 0.1) is 23.8 Å². The van der Waals surface area contributed by atoms with E-state index >= 15 is 0 Å². The van der Waals surface area contributed by atoms with Crippen molar-refractivity contribution in [3.05, 3.63) is 59.2 Å². The van der Waals surface area contributed by atoms with Gasteiger partial charge in [-0.3, -0.25) is 4.79 Å². The highest BCUT2D eigenvalue weighted by Crippen LogP contribution is 2.38. The van der Waals surface area contributed by atoms with Gasteiger partial charge in [-0.15, -0.1) is 0 Å². The molecule has 10 heteroatoms. The van der Waals surface area contributed by atoms with E-state index in [1.807, 2.05) is 18.2 Å². The van der Waals surface area contributed by atoms with Crippen LogP contribution in [-0.4, -0.2) is 32.1 Å². The average Bonchev–Trinajstić information content (AvgIpc) is 2.79. The van der Waals surface area contributed by atoms with E-state index in [1.165, 1.54) is 6.92 Å². The number of rotatable bonds is 6. The first-order valence-electron chi connectivity index (χ1n) is 11.6. The lowest BCUT2D eigenvalue weighted by atomic mass is 9.77. The molecular weight excluding hydrogens is 474 g/mol. The minimum Gasteiger partial charge on any atom is -0.372 e. The maximum atomic E-state index is 13.2. The Bertz CT molecular complexity index is 909. The zero-order valence-electron chi connectivity index (χ0n) is 19.5. The second-order valence-corrected chi connectivity index (χ2v) is 9.16. The van der Waals surface area contributed by atoms with Gasteiger partial charge in [0.1, 0.15) is 0 Å². The monoisotopic (exact) mass is 504 g/mol. The molecule has 2 N–H and O–H groups in total. The number of hydrogen-bond acceptors (Lipinski definition) is 3. The molecule has 2 unspecified atom stereocenters. The van der Waals surface area contributed by atoms with E-state index in [1.54, 1.807) is 7.05 Å². The van der Waals surface area contributed by atoms with E-state index in [2.05, 4.69) is 16.7 Å². The van der Waals surface area contributed by atoms with Crippen LogP contribution in [0.4, 0.5) is 26.3 Å². The molecular formula is C25H30F6N2O2. The molecule has 2 aliphatic rings. The Balaban J connectivity index is 1.76. The maximum absolute atomic E-state index is 13.2. The summed E-state index contributed by atoms with van der Waals surface area (Å²) in [6, 6.07) is 1.31. The number of nitrogens with one attached hydrogen (secondary N) is 2. The first-order chi connectivity index (χ1) is 16.4. The molecule has 1 amide bonds. The van der Waals surface area contributed by atoms with Crippen molar-refractivity contribution in [2.24, 2.45) is 17.8 Å². The highest BCUT2D eigenvalue weighted by atomic mass is 19.4. The molecule has 1 aliphatic carbocycles. The Morgan fingerprint density at radius 1 is 1.06 bits per heavy atom. The number of carbonyl (C=O) groups is 1. The number of carbonyl (C=O) groups excluding carboxylic acids is 1. The van der Waals surface area contributed by atoms with Crippen LogP contribution in [0, 0.1) is 17.8 Å². The van der Waals surface area contributed by atoms with Crippen LogP contribution in [0.3, 0.4) is 0 Å². The van der Waals surface area contributed by atoms with Gasteiger partial charge in [0.25, 0.3) is 0 Å². The minimum atomic E-state index is -4.91. The Morgan fingerprint density at radius 3 is 2.29 bits per heavy atom. The van der Waals surface area contributed by atoms with Gasteiger partial charge in [-0.25, -0.2) is 0 Å². The normalized spacial score (nSPS) is 25.9. The van der Waals surface area contributed by atoms with Gasteiger partial charge in [0, 0.05) is 25.4 Å². The number of benzene rings is 1. The average molecular weight is 505 g/mol. The number of halogens is 6. The van der Waals surface area contributed by atoms with Gasteiger partial charge < -0.3 is 15.4 Å². The van der Waals surface area contributed by atoms with Gasteiger partial charge >= 0.3 is 12.4 Å². The molecule has 0 radical (unpaired) electrons. The van der Waals surface area contributed by atoms with Crippen molar-refractivity contribution in [2.75, 3.05) is 20.2 Å². The fraction of sp³-hybridized carbons (Fsp3) is 0.560. The van der Waals surface area contributed by atoms with Crippen molar-refractivity contribution in [3.8, 4) is 0 Å². The van der Waals surface area contributed by atoms with Crippen molar-refractivity contribution in [3.63, 3.8) is 0 Å². The lowest BCUT2D eigenvalue weighted by Crippen LogP contribution is -2.47. The first kappa shape index (κ1) is 27.3. The summed E-state index contributed by atoms with van der Waals surface area (Å²) in [5.41, 5.74) is -2.91. The second kappa shape index (κ2) is 11.2. The maximum Gasteiger partial charge on any atom is 0.416 e. The number of ether oxygens (including phenoxy) is 1. The van der Waals surface area contributed by atoms with Crippen molar-refractivity contribution in [1.82, 2.24) is 10.6 Å². The van der Waals surface area contributed by atoms with Crippen LogP contribution >= 0.6 is 0 Å². The largest absolute Gasteiger partial charge is 0.416 e. The molecule has 194 valence electrons. The van der Waals surface area contributed by atoms with Crippen LogP contribution in [0.15, 0.2) is 42.5 Å². The third kappa shape index (κ3) is 7.33. The molecule has 4 nitrogen and oxygen atoms in total. The predicted octanol–water partition coefficient (Wildman–Crippen LogP) is 5.66. The highest BCUT2D eigenvalue weighted by molar-refractivity contribution is 5.75. The molecule has 5 atom stereocenters. The van der Waals surface area contributed by atoms with Gasteiger partial charge in [0.15, 0.2) is 0 Å². The molecule has 0 saturated carbocycles. The smallest absolute Gasteiger partial charge is 0.372 e. The van der Waals surface area contributed by atoms with E-state index in [4.69, 9.17) is 4.74 Å². The Morgan fingerprint density at radius 2 is 1.69 bits per heavy atom. The topological polar surface area (TPSA) is 50.4 Å². The molecule has 1 aromatic carbocycles. The summed E-state index contributed by atoms with van der Waals surface area (Å²) in [6.07, 6.45) is -0.717. The predicted molar refractivity (Wildman–Crippen MR) is 119 cm³/mol. The highest BCUT2D eigenvalue weighted by Gasteiger charge is 2.38. The second-order valence-electron chi connectivity index (χ2n) is 9.16. The third-order valence-corrected chi connectivity index (χ3v) is 6.70. The molecule has 35 heavy (non-hydrogen) atoms. The quantitative estimate of drug-likeness (QED) is 0.492. The fourth-order valence-corrected chi connectivity index (χ4v) is 4.64. The van der Waals surface area contributed by atoms with Crippen LogP contribution in [0.1, 0.15) is 49.0 Å². The molecule has 0 spiro atoms. The fourth-order valence-electron chi connectivity index (χ4n) is 4.64. The van der Waals surface area contributed by atoms with Crippen LogP contribution in [0.2, 0.25) is 0 Å². The Kier molecular flexibility index (Phi) is 8.69. The molecule has 3 rings (SSSR count). The van der Waals surface area contributed by atoms with E-state index in [-0.39, 0.29) is 47.9 Å². The zero-order valence-corrected chi connectivity index (χ0v) is 19.5. The van der Waals surface area contributed by atoms with E-state index in [0.29, 0.717) is 25.1 Å². The number of fused-ring (bicyclic) bond motifs is 1. The van der Waals surface area contributed by atoms with E-state index in [9.17, 15) is 31.1 Å². The van der Waals surface area contributed by atoms with Crippen LogP contribution in [0.5, 0.6) is 0 Å². The summed E-state index contributed by atoms with van der Waals surface area (Å²) in [5.74, 6) is 0.294. The minimum absolute atomic E-state index is 0.0559. The molecule has 1 fully saturated rings. The SMILES string of the molecule is CNC(=O)C[C@@H]1CCC2C=CC=CC2[C@@H](CO[C@H](C)c2cc(C(F)(F)F)cc(C(F)(F)F)c2)NC1. The number of amides is 1. The lowest BCUT2D eigenvalue weighted by Gasteiger charge is -2.37. The van der Waals surface area contributed by atoms with E-state index < -0.39 is 29.6 Å². The summed E-state index contributed by atoms with van der Waals surface area (Å²) in [4.78, 5) is 11.9. The number of hydrogen-bond donors (Lipinski definition) is 2. The summed E-state index contributed by atoms with van der Waals surface area (Å²) in [6.45, 7) is 2.09. The lowest BCUT2D eigenvalue weighted by molar-refractivity contribution is -0.143. The van der Waals surface area contributed by atoms with Gasteiger partial charge in [-0.2, -0.15) is 26.3 Å². The van der Waals surface area contributed by atoms with Gasteiger partial charge in [-0.05, 0) is 61.9 Å². The van der Waals surface area contributed by atoms with Crippen molar-refractivity contribution in [2.45, 2.75) is 50.7 Å². The summed E-state index contributed by atoms with van der Waals surface area (Å²) < 4.78 is 85.3. The van der Waals surface area contributed by atoms with Gasteiger partial charge in [0.2, 0.25) is 5.91 Å². The Labute approximate surface area is 200 Å². The zero-order chi connectivity index (χ0) is 25.8. The molecule has 1 aromatic rings. The van der Waals surface area contributed by atoms with Gasteiger partial charge in [-0.1, -0.05) is 24.3 Å². The molecule has 1 saturated heterocycles. The van der Waals surface area contributed by atoms with E-state index in [0.717, 1.165) is 12.8 Å².